The highest BCUT2D eigenvalue weighted by molar-refractivity contribution is 6.31. The summed E-state index contributed by atoms with van der Waals surface area (Å²) in [6, 6.07) is 15.4. The van der Waals surface area contributed by atoms with Gasteiger partial charge in [0.1, 0.15) is 6.04 Å². The third-order valence-corrected chi connectivity index (χ3v) is 6.16. The molecule has 0 aliphatic rings. The maximum absolute atomic E-state index is 13.3. The largest absolute Gasteiger partial charge is 0.354 e. The van der Waals surface area contributed by atoms with E-state index in [4.69, 9.17) is 11.6 Å². The molecule has 0 spiro atoms. The first-order valence-electron chi connectivity index (χ1n) is 11.8. The van der Waals surface area contributed by atoms with Gasteiger partial charge in [-0.2, -0.15) is 0 Å². The van der Waals surface area contributed by atoms with Gasteiger partial charge in [0.2, 0.25) is 11.8 Å². The quantitative estimate of drug-likeness (QED) is 0.391. The van der Waals surface area contributed by atoms with Gasteiger partial charge in [-0.1, -0.05) is 88.2 Å². The van der Waals surface area contributed by atoms with Crippen molar-refractivity contribution in [3.8, 4) is 0 Å². The molecule has 2 aromatic rings. The maximum Gasteiger partial charge on any atom is 0.242 e. The SMILES string of the molecule is CCCCNC(=O)[C@@H](CC)N(Cc1ccccc1Cl)C(=O)CCc1ccc(C(C)C)cc1. The Morgan fingerprint density at radius 1 is 1.03 bits per heavy atom. The lowest BCUT2D eigenvalue weighted by atomic mass is 10.00. The first kappa shape index (κ1) is 25.9. The van der Waals surface area contributed by atoms with E-state index in [0.717, 1.165) is 24.0 Å². The van der Waals surface area contributed by atoms with Gasteiger partial charge in [-0.25, -0.2) is 0 Å². The number of halogens is 1. The highest BCUT2D eigenvalue weighted by Gasteiger charge is 2.28. The molecular formula is C27H37ClN2O2. The lowest BCUT2D eigenvalue weighted by Gasteiger charge is -2.31. The number of hydrogen-bond acceptors (Lipinski definition) is 2. The highest BCUT2D eigenvalue weighted by atomic mass is 35.5. The topological polar surface area (TPSA) is 49.4 Å². The first-order chi connectivity index (χ1) is 15.4. The van der Waals surface area contributed by atoms with Crippen LogP contribution in [0.3, 0.4) is 0 Å². The number of benzene rings is 2. The van der Waals surface area contributed by atoms with Gasteiger partial charge in [0.15, 0.2) is 0 Å². The zero-order valence-electron chi connectivity index (χ0n) is 19.9. The van der Waals surface area contributed by atoms with Crippen LogP contribution >= 0.6 is 11.6 Å². The van der Waals surface area contributed by atoms with E-state index >= 15 is 0 Å². The number of amides is 2. The molecule has 32 heavy (non-hydrogen) atoms. The van der Waals surface area contributed by atoms with Crippen molar-refractivity contribution >= 4 is 23.4 Å². The molecule has 0 aliphatic carbocycles. The predicted molar refractivity (Wildman–Crippen MR) is 133 cm³/mol. The van der Waals surface area contributed by atoms with E-state index in [0.29, 0.717) is 43.3 Å². The number of hydrogen-bond donors (Lipinski definition) is 1. The molecule has 174 valence electrons. The average molecular weight is 457 g/mol. The molecule has 0 fully saturated rings. The average Bonchev–Trinajstić information content (AvgIpc) is 2.79. The second-order valence-corrected chi connectivity index (χ2v) is 8.99. The van der Waals surface area contributed by atoms with Crippen LogP contribution in [0.2, 0.25) is 5.02 Å². The summed E-state index contributed by atoms with van der Waals surface area (Å²) in [5.74, 6) is 0.353. The minimum atomic E-state index is -0.515. The molecule has 0 aromatic heterocycles. The fourth-order valence-corrected chi connectivity index (χ4v) is 3.90. The van der Waals surface area contributed by atoms with Crippen LogP contribution in [0.4, 0.5) is 0 Å². The molecule has 5 heteroatoms. The van der Waals surface area contributed by atoms with Crippen molar-refractivity contribution in [1.82, 2.24) is 10.2 Å². The first-order valence-corrected chi connectivity index (χ1v) is 12.1. The fraction of sp³-hybridized carbons (Fsp3) is 0.481. The van der Waals surface area contributed by atoms with Gasteiger partial charge in [0.05, 0.1) is 0 Å². The lowest BCUT2D eigenvalue weighted by Crippen LogP contribution is -2.49. The van der Waals surface area contributed by atoms with E-state index in [9.17, 15) is 9.59 Å². The molecule has 4 nitrogen and oxygen atoms in total. The Kier molecular flexibility index (Phi) is 10.8. The van der Waals surface area contributed by atoms with Crippen LogP contribution < -0.4 is 5.32 Å². The van der Waals surface area contributed by atoms with Gasteiger partial charge >= 0.3 is 0 Å². The number of nitrogens with one attached hydrogen (secondary N) is 1. The molecule has 0 unspecified atom stereocenters. The van der Waals surface area contributed by atoms with Crippen molar-refractivity contribution < 1.29 is 9.59 Å². The number of carbonyl (C=O) groups is 2. The summed E-state index contributed by atoms with van der Waals surface area (Å²) >= 11 is 6.38. The van der Waals surface area contributed by atoms with Crippen LogP contribution in [0.1, 0.15) is 76.0 Å². The molecule has 1 atom stereocenters. The molecule has 1 N–H and O–H groups in total. The number of nitrogens with zero attached hydrogens (tertiary/aromatic N) is 1. The Hall–Kier alpha value is -2.33. The number of carbonyl (C=O) groups excluding carboxylic acids is 2. The second-order valence-electron chi connectivity index (χ2n) is 8.58. The van der Waals surface area contributed by atoms with Crippen molar-refractivity contribution in [2.75, 3.05) is 6.54 Å². The molecule has 2 amide bonds. The van der Waals surface area contributed by atoms with E-state index in [2.05, 4.69) is 50.4 Å². The van der Waals surface area contributed by atoms with E-state index in [-0.39, 0.29) is 11.8 Å². The standard InChI is InChI=1S/C27H37ClN2O2/c1-5-7-18-29-27(32)25(6-2)30(19-23-10-8-9-11-24(23)28)26(31)17-14-21-12-15-22(16-13-21)20(3)4/h8-13,15-16,20,25H,5-7,14,17-19H2,1-4H3,(H,29,32)/t25-/m1/s1. The molecule has 2 aromatic carbocycles. The normalized spacial score (nSPS) is 11.9. The lowest BCUT2D eigenvalue weighted by molar-refractivity contribution is -0.141. The monoisotopic (exact) mass is 456 g/mol. The molecule has 0 saturated heterocycles. The van der Waals surface area contributed by atoms with Crippen LogP contribution in [-0.4, -0.2) is 29.3 Å². The van der Waals surface area contributed by atoms with Crippen LogP contribution in [0, 0.1) is 0 Å². The Morgan fingerprint density at radius 2 is 1.72 bits per heavy atom. The zero-order chi connectivity index (χ0) is 23.5. The van der Waals surface area contributed by atoms with E-state index < -0.39 is 6.04 Å². The predicted octanol–water partition coefficient (Wildman–Crippen LogP) is 6.12. The minimum Gasteiger partial charge on any atom is -0.354 e. The summed E-state index contributed by atoms with van der Waals surface area (Å²) in [6.45, 7) is 9.32. The van der Waals surface area contributed by atoms with Gasteiger partial charge in [-0.05, 0) is 47.9 Å². The van der Waals surface area contributed by atoms with Gasteiger partial charge in [-0.15, -0.1) is 0 Å². The molecule has 0 radical (unpaired) electrons. The third kappa shape index (κ3) is 7.67. The zero-order valence-corrected chi connectivity index (χ0v) is 20.6. The van der Waals surface area contributed by atoms with Crippen molar-refractivity contribution in [3.05, 3.63) is 70.2 Å². The number of unbranched alkanes of at least 4 members (excludes halogenated alkanes) is 1. The van der Waals surface area contributed by atoms with Gasteiger partial charge < -0.3 is 10.2 Å². The van der Waals surface area contributed by atoms with Gasteiger partial charge in [0, 0.05) is 24.5 Å². The third-order valence-electron chi connectivity index (χ3n) is 5.79. The number of rotatable bonds is 12. The van der Waals surface area contributed by atoms with Gasteiger partial charge in [0.25, 0.3) is 0 Å². The molecule has 0 aliphatic heterocycles. The van der Waals surface area contributed by atoms with Crippen LogP contribution in [0.25, 0.3) is 0 Å². The van der Waals surface area contributed by atoms with Crippen LogP contribution in [0.15, 0.2) is 48.5 Å². The van der Waals surface area contributed by atoms with Crippen LogP contribution in [-0.2, 0) is 22.6 Å². The smallest absolute Gasteiger partial charge is 0.242 e. The van der Waals surface area contributed by atoms with Crippen LogP contribution in [0.5, 0.6) is 0 Å². The molecular weight excluding hydrogens is 420 g/mol. The van der Waals surface area contributed by atoms with E-state index in [1.807, 2.05) is 31.2 Å². The van der Waals surface area contributed by atoms with Gasteiger partial charge in [-0.3, -0.25) is 9.59 Å². The summed E-state index contributed by atoms with van der Waals surface area (Å²) in [4.78, 5) is 28.0. The van der Waals surface area contributed by atoms with Crippen molar-refractivity contribution in [1.29, 1.82) is 0 Å². The molecule has 2 rings (SSSR count). The summed E-state index contributed by atoms with van der Waals surface area (Å²) in [5.41, 5.74) is 3.26. The Bertz CT molecular complexity index is 864. The summed E-state index contributed by atoms with van der Waals surface area (Å²) < 4.78 is 0. The van der Waals surface area contributed by atoms with E-state index in [1.54, 1.807) is 4.90 Å². The minimum absolute atomic E-state index is 0.0321. The summed E-state index contributed by atoms with van der Waals surface area (Å²) in [6.07, 6.45) is 3.48. The Labute approximate surface area is 198 Å². The summed E-state index contributed by atoms with van der Waals surface area (Å²) in [7, 11) is 0. The van der Waals surface area contributed by atoms with Crippen molar-refractivity contribution in [3.63, 3.8) is 0 Å². The highest BCUT2D eigenvalue weighted by Crippen LogP contribution is 2.21. The fourth-order valence-electron chi connectivity index (χ4n) is 3.70. The Morgan fingerprint density at radius 3 is 2.31 bits per heavy atom. The Balaban J connectivity index is 2.16. The second kappa shape index (κ2) is 13.3. The molecule has 0 saturated carbocycles. The molecule has 0 bridgehead atoms. The summed E-state index contributed by atoms with van der Waals surface area (Å²) in [5, 5.41) is 3.60. The molecule has 0 heterocycles. The van der Waals surface area contributed by atoms with Crippen molar-refractivity contribution in [2.45, 2.75) is 78.3 Å². The van der Waals surface area contributed by atoms with E-state index in [1.165, 1.54) is 5.56 Å². The number of aryl methyl sites for hydroxylation is 1. The van der Waals surface area contributed by atoms with Crippen molar-refractivity contribution in [2.24, 2.45) is 0 Å². The maximum atomic E-state index is 13.3.